The molecule has 2 unspecified atom stereocenters. The first-order valence-corrected chi connectivity index (χ1v) is 7.59. The molecule has 0 amide bonds. The van der Waals surface area contributed by atoms with Crippen molar-refractivity contribution >= 4 is 23.4 Å². The summed E-state index contributed by atoms with van der Waals surface area (Å²) < 4.78 is 5.35. The van der Waals surface area contributed by atoms with Crippen molar-refractivity contribution in [2.24, 2.45) is 5.73 Å². The number of nitrogens with two attached hydrogens (primary N) is 1. The fourth-order valence-corrected chi connectivity index (χ4v) is 3.31. The van der Waals surface area contributed by atoms with E-state index in [-0.39, 0.29) is 11.3 Å². The molecule has 2 atom stereocenters. The molecule has 2 aromatic rings. The molecular formula is C15H18ClNOS. The number of benzene rings is 1. The second kappa shape index (κ2) is 6.51. The molecule has 1 aromatic carbocycles. The highest BCUT2D eigenvalue weighted by atomic mass is 35.5. The van der Waals surface area contributed by atoms with Crippen molar-refractivity contribution in [2.45, 2.75) is 36.5 Å². The van der Waals surface area contributed by atoms with Crippen LogP contribution in [-0.2, 0) is 0 Å². The minimum absolute atomic E-state index is 0.0977. The summed E-state index contributed by atoms with van der Waals surface area (Å²) in [7, 11) is 0. The molecule has 2 rings (SSSR count). The van der Waals surface area contributed by atoms with Gasteiger partial charge in [-0.2, -0.15) is 0 Å². The highest BCUT2D eigenvalue weighted by Gasteiger charge is 2.21. The summed E-state index contributed by atoms with van der Waals surface area (Å²) in [6, 6.07) is 10.0. The van der Waals surface area contributed by atoms with E-state index in [9.17, 15) is 0 Å². The number of aryl methyl sites for hydroxylation is 1. The van der Waals surface area contributed by atoms with E-state index in [0.29, 0.717) is 0 Å². The van der Waals surface area contributed by atoms with Crippen LogP contribution in [-0.4, -0.2) is 6.04 Å². The summed E-state index contributed by atoms with van der Waals surface area (Å²) in [5.41, 5.74) is 7.47. The molecule has 0 saturated heterocycles. The molecule has 102 valence electrons. The molecule has 0 aliphatic heterocycles. The molecule has 2 nitrogen and oxygen atoms in total. The Morgan fingerprint density at radius 2 is 1.95 bits per heavy atom. The van der Waals surface area contributed by atoms with E-state index in [1.807, 2.05) is 37.3 Å². The Bertz CT molecular complexity index is 523. The van der Waals surface area contributed by atoms with Gasteiger partial charge in [-0.3, -0.25) is 0 Å². The number of furan rings is 1. The standard InChI is InChI=1S/C15H18ClNOS/c1-3-13(17)15(11-4-6-12(16)7-5-11)19-14-8-9-18-10(14)2/h4-9,13,15H,3,17H2,1-2H3. The van der Waals surface area contributed by atoms with Gasteiger partial charge in [0.1, 0.15) is 5.76 Å². The molecule has 0 bridgehead atoms. The Morgan fingerprint density at radius 3 is 2.47 bits per heavy atom. The Kier molecular flexibility index (Phi) is 4.97. The number of thioether (sulfide) groups is 1. The average Bonchev–Trinajstić information content (AvgIpc) is 2.82. The highest BCUT2D eigenvalue weighted by Crippen LogP contribution is 2.40. The maximum Gasteiger partial charge on any atom is 0.114 e. The fraction of sp³-hybridized carbons (Fsp3) is 0.333. The van der Waals surface area contributed by atoms with E-state index in [1.54, 1.807) is 18.0 Å². The van der Waals surface area contributed by atoms with Crippen molar-refractivity contribution in [3.05, 3.63) is 52.9 Å². The molecule has 0 aliphatic rings. The van der Waals surface area contributed by atoms with Gasteiger partial charge in [0, 0.05) is 21.2 Å². The molecule has 1 heterocycles. The summed E-state index contributed by atoms with van der Waals surface area (Å²) in [5, 5.41) is 0.954. The van der Waals surface area contributed by atoms with Gasteiger partial charge in [0.25, 0.3) is 0 Å². The van der Waals surface area contributed by atoms with Crippen molar-refractivity contribution in [3.8, 4) is 0 Å². The van der Waals surface area contributed by atoms with Gasteiger partial charge in [0.2, 0.25) is 0 Å². The van der Waals surface area contributed by atoms with Crippen molar-refractivity contribution < 1.29 is 4.42 Å². The smallest absolute Gasteiger partial charge is 0.114 e. The third kappa shape index (κ3) is 3.56. The van der Waals surface area contributed by atoms with Crippen LogP contribution in [0, 0.1) is 6.92 Å². The van der Waals surface area contributed by atoms with Gasteiger partial charge in [-0.05, 0) is 37.1 Å². The molecule has 0 spiro atoms. The lowest BCUT2D eigenvalue weighted by Gasteiger charge is -2.22. The molecule has 0 radical (unpaired) electrons. The molecule has 2 N–H and O–H groups in total. The number of hydrogen-bond donors (Lipinski definition) is 1. The summed E-state index contributed by atoms with van der Waals surface area (Å²) in [6.45, 7) is 4.08. The quantitative estimate of drug-likeness (QED) is 0.804. The zero-order chi connectivity index (χ0) is 13.8. The average molecular weight is 296 g/mol. The first-order chi connectivity index (χ1) is 9.11. The van der Waals surface area contributed by atoms with Gasteiger partial charge < -0.3 is 10.2 Å². The third-order valence-corrected chi connectivity index (χ3v) is 4.93. The molecule has 4 heteroatoms. The van der Waals surface area contributed by atoms with Gasteiger partial charge in [-0.15, -0.1) is 11.8 Å². The minimum atomic E-state index is 0.0977. The Morgan fingerprint density at radius 1 is 1.26 bits per heavy atom. The summed E-state index contributed by atoms with van der Waals surface area (Å²) in [5.74, 6) is 0.937. The molecule has 0 aliphatic carbocycles. The minimum Gasteiger partial charge on any atom is -0.468 e. The van der Waals surface area contributed by atoms with Crippen LogP contribution in [0.5, 0.6) is 0 Å². The molecule has 0 saturated carbocycles. The lowest BCUT2D eigenvalue weighted by molar-refractivity contribution is 0.526. The highest BCUT2D eigenvalue weighted by molar-refractivity contribution is 7.99. The number of halogens is 1. The van der Waals surface area contributed by atoms with E-state index >= 15 is 0 Å². The predicted molar refractivity (Wildman–Crippen MR) is 81.8 cm³/mol. The van der Waals surface area contributed by atoms with E-state index in [4.69, 9.17) is 21.8 Å². The van der Waals surface area contributed by atoms with Crippen LogP contribution >= 0.6 is 23.4 Å². The monoisotopic (exact) mass is 295 g/mol. The van der Waals surface area contributed by atoms with Gasteiger partial charge in [0.15, 0.2) is 0 Å². The van der Waals surface area contributed by atoms with Crippen LogP contribution in [0.4, 0.5) is 0 Å². The first-order valence-electron chi connectivity index (χ1n) is 6.33. The molecule has 1 aromatic heterocycles. The number of hydrogen-bond acceptors (Lipinski definition) is 3. The van der Waals surface area contributed by atoms with Crippen molar-refractivity contribution in [3.63, 3.8) is 0 Å². The molecule has 19 heavy (non-hydrogen) atoms. The number of rotatable bonds is 5. The zero-order valence-corrected chi connectivity index (χ0v) is 12.7. The Hall–Kier alpha value is -0.900. The van der Waals surface area contributed by atoms with Gasteiger partial charge in [-0.1, -0.05) is 30.7 Å². The van der Waals surface area contributed by atoms with Crippen molar-refractivity contribution in [2.75, 3.05) is 0 Å². The Balaban J connectivity index is 2.26. The first kappa shape index (κ1) is 14.5. The summed E-state index contributed by atoms with van der Waals surface area (Å²) >= 11 is 7.70. The lowest BCUT2D eigenvalue weighted by atomic mass is 10.0. The van der Waals surface area contributed by atoms with Crippen molar-refractivity contribution in [1.82, 2.24) is 0 Å². The van der Waals surface area contributed by atoms with Gasteiger partial charge >= 0.3 is 0 Å². The Labute approximate surface area is 123 Å². The maximum atomic E-state index is 6.27. The molecule has 0 fully saturated rings. The van der Waals surface area contributed by atoms with E-state index in [2.05, 4.69) is 6.92 Å². The van der Waals surface area contributed by atoms with Crippen LogP contribution in [0.25, 0.3) is 0 Å². The van der Waals surface area contributed by atoms with E-state index < -0.39 is 0 Å². The van der Waals surface area contributed by atoms with Crippen LogP contribution in [0.3, 0.4) is 0 Å². The second-order valence-electron chi connectivity index (χ2n) is 4.50. The van der Waals surface area contributed by atoms with Crippen LogP contribution < -0.4 is 5.73 Å². The van der Waals surface area contributed by atoms with E-state index in [1.165, 1.54) is 5.56 Å². The zero-order valence-electron chi connectivity index (χ0n) is 11.1. The largest absolute Gasteiger partial charge is 0.468 e. The normalized spacial score (nSPS) is 14.3. The third-order valence-electron chi connectivity index (χ3n) is 3.12. The SMILES string of the molecule is CCC(N)C(Sc1ccoc1C)c1ccc(Cl)cc1. The fourth-order valence-electron chi connectivity index (χ4n) is 1.90. The maximum absolute atomic E-state index is 6.27. The lowest BCUT2D eigenvalue weighted by Crippen LogP contribution is -2.25. The second-order valence-corrected chi connectivity index (χ2v) is 6.12. The van der Waals surface area contributed by atoms with Crippen LogP contribution in [0.15, 0.2) is 45.9 Å². The van der Waals surface area contributed by atoms with E-state index in [0.717, 1.165) is 22.1 Å². The van der Waals surface area contributed by atoms with Gasteiger partial charge in [-0.25, -0.2) is 0 Å². The van der Waals surface area contributed by atoms with Gasteiger partial charge in [0.05, 0.1) is 6.26 Å². The van der Waals surface area contributed by atoms with Crippen LogP contribution in [0.1, 0.15) is 29.9 Å². The van der Waals surface area contributed by atoms with Crippen LogP contribution in [0.2, 0.25) is 5.02 Å². The predicted octanol–water partition coefficient (Wildman–Crippen LogP) is 4.81. The topological polar surface area (TPSA) is 39.2 Å². The van der Waals surface area contributed by atoms with Crippen molar-refractivity contribution in [1.29, 1.82) is 0 Å². The molecular weight excluding hydrogens is 278 g/mol. The summed E-state index contributed by atoms with van der Waals surface area (Å²) in [4.78, 5) is 1.14. The summed E-state index contributed by atoms with van der Waals surface area (Å²) in [6.07, 6.45) is 2.64.